The van der Waals surface area contributed by atoms with E-state index in [1.54, 1.807) is 0 Å². The number of aromatic carboxylic acids is 1. The lowest BCUT2D eigenvalue weighted by molar-refractivity contribution is -0.142. The number of nitrogens with one attached hydrogen (secondary N) is 3. The van der Waals surface area contributed by atoms with Crippen LogP contribution in [0.4, 0.5) is 49.6 Å². The Bertz CT molecular complexity index is 3640. The van der Waals surface area contributed by atoms with E-state index in [1.165, 1.54) is 71.9 Å². The molecule has 0 unspecified atom stereocenters. The van der Waals surface area contributed by atoms with Crippen LogP contribution in [0.2, 0.25) is 0 Å². The number of anilines is 4. The van der Waals surface area contributed by atoms with Crippen LogP contribution in [-0.4, -0.2) is 94.8 Å². The maximum atomic E-state index is 13.5. The van der Waals surface area contributed by atoms with Gasteiger partial charge in [0.15, 0.2) is 23.0 Å². The first-order valence-corrected chi connectivity index (χ1v) is 24.4. The van der Waals surface area contributed by atoms with E-state index in [4.69, 9.17) is 9.47 Å². The van der Waals surface area contributed by atoms with Crippen LogP contribution in [0.1, 0.15) is 72.7 Å². The Kier molecular flexibility index (Phi) is 16.0. The maximum Gasteiger partial charge on any atom is 0.435 e. The number of hydrogen-bond donors (Lipinski definition) is 4. The molecule has 27 heteroatoms. The highest BCUT2D eigenvalue weighted by Crippen LogP contribution is 2.36. The summed E-state index contributed by atoms with van der Waals surface area (Å²) < 4.78 is 119. The molecule has 0 aliphatic carbocycles. The molecule has 402 valence electrons. The molecule has 20 nitrogen and oxygen atoms in total. The molecular weight excluding hydrogens is 1040 g/mol. The molecule has 8 rings (SSSR count). The number of nitrogens with zero attached hydrogens (tertiary/aromatic N) is 10. The Morgan fingerprint density at radius 1 is 0.584 bits per heavy atom. The molecule has 4 N–H and O–H groups in total. The Labute approximate surface area is 435 Å². The summed E-state index contributed by atoms with van der Waals surface area (Å²) in [4.78, 5) is 50.2. The lowest BCUT2D eigenvalue weighted by atomic mass is 10.1. The monoisotopic (exact) mass is 1090 g/mol. The van der Waals surface area contributed by atoms with Gasteiger partial charge in [-0.3, -0.25) is 4.79 Å². The number of benzene rings is 2. The third-order valence-corrected chi connectivity index (χ3v) is 12.3. The van der Waals surface area contributed by atoms with Crippen LogP contribution in [0, 0.1) is 41.5 Å². The molecule has 0 aliphatic rings. The molecule has 0 fully saturated rings. The van der Waals surface area contributed by atoms with Crippen LogP contribution in [0.3, 0.4) is 0 Å². The molecule has 1 amide bonds. The number of carbonyl (C=O) groups excluding carboxylic acids is 1. The highest BCUT2D eigenvalue weighted by Gasteiger charge is 2.36. The van der Waals surface area contributed by atoms with Gasteiger partial charge in [0.1, 0.15) is 11.1 Å². The fourth-order valence-electron chi connectivity index (χ4n) is 7.71. The highest BCUT2D eigenvalue weighted by molar-refractivity contribution is 7.90. The van der Waals surface area contributed by atoms with Gasteiger partial charge in [-0.2, -0.15) is 46.5 Å². The van der Waals surface area contributed by atoms with Crippen LogP contribution in [0.25, 0.3) is 33.9 Å². The Morgan fingerprint density at radius 2 is 0.974 bits per heavy atom. The standard InChI is InChI=1S/C26H26F3N7O4S.C24H21F3N6O3/c1-6-41(38,39)35-23(37)19-11-17(12-30-24(19)40-5)20-13-31-25(32-18-8-14(2)7-15(3)9-18)33-22(20)36-16(4)10-21(34-36)26(27,28)29;1-12-5-13(2)7-16(6-12)30-23-29-11-18(15-9-17(22(34)35)21(36-4)28-10-15)20(31-23)33-14(3)8-19(32-33)24(25,26)27/h7-13H,6H2,1-5H3,(H,35,37)(H,31,32,33);5-11H,1-4H3,(H,34,35)(H,29,30,31). The molecule has 0 radical (unpaired) electrons. The number of aryl methyl sites for hydroxylation is 6. The number of carbonyl (C=O) groups is 2. The van der Waals surface area contributed by atoms with Crippen molar-refractivity contribution < 1.29 is 58.9 Å². The third kappa shape index (κ3) is 13.1. The molecule has 0 bridgehead atoms. The van der Waals surface area contributed by atoms with E-state index in [9.17, 15) is 49.5 Å². The quantitative estimate of drug-likeness (QED) is 0.0739. The zero-order valence-electron chi connectivity index (χ0n) is 42.3. The number of ether oxygens (including phenoxy) is 2. The Hall–Kier alpha value is -9.01. The zero-order valence-corrected chi connectivity index (χ0v) is 43.2. The summed E-state index contributed by atoms with van der Waals surface area (Å²) in [5.41, 5.74) is 3.76. The van der Waals surface area contributed by atoms with Crippen molar-refractivity contribution in [1.82, 2.24) is 54.2 Å². The molecule has 0 atom stereocenters. The second-order valence-electron chi connectivity index (χ2n) is 17.2. The van der Waals surface area contributed by atoms with Crippen LogP contribution in [0.5, 0.6) is 11.8 Å². The Balaban J connectivity index is 0.000000225. The minimum absolute atomic E-state index is 0.00757. The molecule has 8 aromatic rings. The van der Waals surface area contributed by atoms with Gasteiger partial charge in [-0.15, -0.1) is 0 Å². The normalized spacial score (nSPS) is 11.6. The first kappa shape index (κ1) is 55.7. The average Bonchev–Trinajstić information content (AvgIpc) is 3.97. The molecule has 0 aliphatic heterocycles. The van der Waals surface area contributed by atoms with Gasteiger partial charge in [-0.25, -0.2) is 47.2 Å². The molecule has 0 saturated carbocycles. The number of hydrogen-bond acceptors (Lipinski definition) is 16. The summed E-state index contributed by atoms with van der Waals surface area (Å²) in [6.45, 7) is 11.9. The fourth-order valence-corrected chi connectivity index (χ4v) is 8.25. The van der Waals surface area contributed by atoms with Crippen molar-refractivity contribution in [2.24, 2.45) is 0 Å². The number of aromatic nitrogens is 10. The van der Waals surface area contributed by atoms with Crippen LogP contribution >= 0.6 is 0 Å². The van der Waals surface area contributed by atoms with Crippen LogP contribution in [0.15, 0.2) is 85.5 Å². The smallest absolute Gasteiger partial charge is 0.435 e. The van der Waals surface area contributed by atoms with Crippen molar-refractivity contribution in [2.75, 3.05) is 30.6 Å². The molecule has 0 spiro atoms. The van der Waals surface area contributed by atoms with Gasteiger partial charge in [0, 0.05) is 69.8 Å². The second kappa shape index (κ2) is 22.1. The lowest BCUT2D eigenvalue weighted by Crippen LogP contribution is -2.32. The van der Waals surface area contributed by atoms with Crippen molar-refractivity contribution in [1.29, 1.82) is 0 Å². The number of halogens is 6. The number of carboxylic acids is 1. The molecule has 77 heavy (non-hydrogen) atoms. The Morgan fingerprint density at radius 3 is 1.32 bits per heavy atom. The summed E-state index contributed by atoms with van der Waals surface area (Å²) in [5.74, 6) is -2.75. The summed E-state index contributed by atoms with van der Waals surface area (Å²) in [5, 5.41) is 23.1. The first-order chi connectivity index (χ1) is 36.2. The highest BCUT2D eigenvalue weighted by atomic mass is 32.2. The average molecular weight is 1090 g/mol. The SMILES string of the molecule is CCS(=O)(=O)NC(=O)c1cc(-c2cnc(Nc3cc(C)cc(C)c3)nc2-n2nc(C(F)(F)F)cc2C)cnc1OC.COc1ncc(-c2cnc(Nc3cc(C)cc(C)c3)nc2-n2nc(C(F)(F)F)cc2C)cc1C(=O)O. The summed E-state index contributed by atoms with van der Waals surface area (Å²) >= 11 is 0. The lowest BCUT2D eigenvalue weighted by Gasteiger charge is -2.15. The number of sulfonamides is 1. The number of methoxy groups -OCH3 is 2. The summed E-state index contributed by atoms with van der Waals surface area (Å²) in [6, 6.07) is 15.8. The van der Waals surface area contributed by atoms with Crippen LogP contribution < -0.4 is 24.8 Å². The first-order valence-electron chi connectivity index (χ1n) is 22.8. The third-order valence-electron chi connectivity index (χ3n) is 11.1. The van der Waals surface area contributed by atoms with Gasteiger partial charge in [0.25, 0.3) is 5.91 Å². The van der Waals surface area contributed by atoms with Crippen LogP contribution in [-0.2, 0) is 22.4 Å². The van der Waals surface area contributed by atoms with E-state index >= 15 is 0 Å². The number of alkyl halides is 6. The van der Waals surface area contributed by atoms with Gasteiger partial charge in [0.05, 0.1) is 20.0 Å². The van der Waals surface area contributed by atoms with Crippen molar-refractivity contribution in [3.8, 4) is 45.6 Å². The molecule has 6 heterocycles. The van der Waals surface area contributed by atoms with Crippen molar-refractivity contribution in [3.05, 3.63) is 142 Å². The number of rotatable bonds is 14. The van der Waals surface area contributed by atoms with Crippen molar-refractivity contribution in [3.63, 3.8) is 0 Å². The van der Waals surface area contributed by atoms with E-state index in [0.717, 1.165) is 43.8 Å². The van der Waals surface area contributed by atoms with Gasteiger partial charge in [-0.05, 0) is 119 Å². The summed E-state index contributed by atoms with van der Waals surface area (Å²) in [6.07, 6.45) is -4.03. The van der Waals surface area contributed by atoms with Gasteiger partial charge < -0.3 is 25.2 Å². The largest absolute Gasteiger partial charge is 0.480 e. The molecule has 2 aromatic carbocycles. The van der Waals surface area contributed by atoms with Gasteiger partial charge >= 0.3 is 18.3 Å². The maximum absolute atomic E-state index is 13.5. The van der Waals surface area contributed by atoms with Gasteiger partial charge in [0.2, 0.25) is 33.7 Å². The number of carboxylic acid groups (broad SMARTS) is 1. The molecule has 0 saturated heterocycles. The van der Waals surface area contributed by atoms with E-state index in [0.29, 0.717) is 11.4 Å². The predicted octanol–water partition coefficient (Wildman–Crippen LogP) is 9.62. The fraction of sp³-hybridized carbons (Fsp3) is 0.240. The van der Waals surface area contributed by atoms with E-state index < -0.39 is 45.6 Å². The number of pyridine rings is 2. The number of amides is 1. The van der Waals surface area contributed by atoms with Gasteiger partial charge in [-0.1, -0.05) is 12.1 Å². The van der Waals surface area contributed by atoms with E-state index in [-0.39, 0.29) is 85.8 Å². The van der Waals surface area contributed by atoms with E-state index in [1.807, 2.05) is 68.8 Å². The van der Waals surface area contributed by atoms with Crippen molar-refractivity contribution in [2.45, 2.75) is 60.8 Å². The van der Waals surface area contributed by atoms with Crippen molar-refractivity contribution >= 4 is 45.2 Å². The minimum atomic E-state index is -4.71. The van der Waals surface area contributed by atoms with E-state index in [2.05, 4.69) is 50.7 Å². The second-order valence-corrected chi connectivity index (χ2v) is 19.2. The zero-order chi connectivity index (χ0) is 56.3. The minimum Gasteiger partial charge on any atom is -0.480 e. The predicted molar refractivity (Wildman–Crippen MR) is 270 cm³/mol. The molecular formula is C50H47F6N13O7S. The molecule has 6 aromatic heterocycles. The summed E-state index contributed by atoms with van der Waals surface area (Å²) in [7, 11) is -1.38. The topological polar surface area (TPSA) is 256 Å².